The number of halogens is 1. The molecule has 0 radical (unpaired) electrons. The highest BCUT2D eigenvalue weighted by Crippen LogP contribution is 2.39. The van der Waals surface area contributed by atoms with Crippen molar-refractivity contribution in [2.75, 3.05) is 25.2 Å². The van der Waals surface area contributed by atoms with E-state index in [9.17, 15) is 9.59 Å². The van der Waals surface area contributed by atoms with Gasteiger partial charge in [0.1, 0.15) is 11.3 Å². The molecule has 2 amide bonds. The van der Waals surface area contributed by atoms with Crippen LogP contribution < -0.4 is 10.4 Å². The van der Waals surface area contributed by atoms with Crippen LogP contribution in [-0.4, -0.2) is 64.6 Å². The van der Waals surface area contributed by atoms with E-state index in [1.807, 2.05) is 36.4 Å². The largest absolute Gasteiger partial charge is 0.451 e. The lowest BCUT2D eigenvalue weighted by atomic mass is 9.95. The van der Waals surface area contributed by atoms with E-state index < -0.39 is 17.8 Å². The van der Waals surface area contributed by atoms with Crippen LogP contribution in [0.25, 0.3) is 22.2 Å². The number of carbonyl (C=O) groups is 2. The van der Waals surface area contributed by atoms with Crippen molar-refractivity contribution in [2.24, 2.45) is 0 Å². The van der Waals surface area contributed by atoms with Gasteiger partial charge in [-0.3, -0.25) is 20.0 Å². The molecule has 8 nitrogen and oxygen atoms in total. The maximum Gasteiger partial charge on any atom is 0.433 e. The third-order valence-corrected chi connectivity index (χ3v) is 8.50. The summed E-state index contributed by atoms with van der Waals surface area (Å²) in [6.07, 6.45) is 0.298. The molecule has 2 saturated heterocycles. The van der Waals surface area contributed by atoms with Crippen LogP contribution in [0.4, 0.5) is 14.9 Å². The number of carbonyl (C=O) groups excluding carboxylic acids is 2. The van der Waals surface area contributed by atoms with Crippen molar-refractivity contribution in [2.45, 2.75) is 51.4 Å². The fourth-order valence-corrected chi connectivity index (χ4v) is 6.55. The fourth-order valence-electron chi connectivity index (χ4n) is 6.55. The van der Waals surface area contributed by atoms with Crippen molar-refractivity contribution in [1.29, 1.82) is 0 Å². The summed E-state index contributed by atoms with van der Waals surface area (Å²) in [4.78, 5) is 37.0. The van der Waals surface area contributed by atoms with Crippen LogP contribution in [0.1, 0.15) is 43.1 Å². The molecule has 43 heavy (non-hydrogen) atoms. The van der Waals surface area contributed by atoms with Crippen molar-refractivity contribution < 1.29 is 18.7 Å². The summed E-state index contributed by atoms with van der Waals surface area (Å²) < 4.78 is 20.4. The van der Waals surface area contributed by atoms with E-state index in [1.54, 1.807) is 36.4 Å². The Hall–Kier alpha value is -4.34. The van der Waals surface area contributed by atoms with Crippen molar-refractivity contribution in [1.82, 2.24) is 20.2 Å². The Morgan fingerprint density at radius 1 is 0.977 bits per heavy atom. The molecule has 2 atom stereocenters. The standard InChI is InChI=1S/C34H36FN5O3/c1-34(2,3)39-20-24-18-25(39)19-38(24)21-27-29(32(41)37-40(33(42)43-4)23-14-9-6-10-15-23)26-16-11-17-28(35)31(26)36-30(27)22-12-7-5-8-13-22/h5-17,24-25H,18-21H2,1-4H3,(H,37,41)/t24-,25-/m0/s1. The number of rotatable bonds is 5. The number of piperazine rings is 1. The number of nitrogens with one attached hydrogen (secondary N) is 1. The Morgan fingerprint density at radius 3 is 2.30 bits per heavy atom. The number of hydrogen-bond donors (Lipinski definition) is 1. The summed E-state index contributed by atoms with van der Waals surface area (Å²) in [6, 6.07) is 23.6. The highest BCUT2D eigenvalue weighted by molar-refractivity contribution is 6.10. The van der Waals surface area contributed by atoms with Gasteiger partial charge in [0.25, 0.3) is 5.91 Å². The van der Waals surface area contributed by atoms with E-state index in [2.05, 4.69) is 36.0 Å². The molecule has 222 valence electrons. The molecule has 2 fully saturated rings. The molecule has 1 N–H and O–H groups in total. The first-order valence-corrected chi connectivity index (χ1v) is 14.6. The van der Waals surface area contributed by atoms with Gasteiger partial charge in [-0.2, -0.15) is 5.01 Å². The molecule has 0 spiro atoms. The fraction of sp³-hybridized carbons (Fsp3) is 0.324. The molecule has 2 aliphatic rings. The number of nitrogens with zero attached hydrogens (tertiary/aromatic N) is 4. The lowest BCUT2D eigenvalue weighted by Gasteiger charge is -2.42. The maximum atomic E-state index is 15.4. The van der Waals surface area contributed by atoms with Gasteiger partial charge in [-0.05, 0) is 45.4 Å². The Balaban J connectivity index is 1.48. The number of amides is 2. The minimum Gasteiger partial charge on any atom is -0.451 e. The van der Waals surface area contributed by atoms with Gasteiger partial charge in [0.2, 0.25) is 0 Å². The number of ether oxygens (including phenoxy) is 1. The van der Waals surface area contributed by atoms with Gasteiger partial charge >= 0.3 is 6.09 Å². The van der Waals surface area contributed by atoms with Gasteiger partial charge in [-0.1, -0.05) is 60.7 Å². The number of para-hydroxylation sites is 2. The number of hydrazine groups is 1. The number of pyridine rings is 1. The first-order valence-electron chi connectivity index (χ1n) is 14.6. The smallest absolute Gasteiger partial charge is 0.433 e. The summed E-state index contributed by atoms with van der Waals surface area (Å²) in [6.45, 7) is 8.99. The van der Waals surface area contributed by atoms with Gasteiger partial charge < -0.3 is 4.74 Å². The molecule has 0 aliphatic carbocycles. The maximum absolute atomic E-state index is 15.4. The topological polar surface area (TPSA) is 78.0 Å². The number of fused-ring (bicyclic) bond motifs is 3. The van der Waals surface area contributed by atoms with Crippen LogP contribution in [0, 0.1) is 5.82 Å². The molecule has 1 aromatic heterocycles. The first-order chi connectivity index (χ1) is 20.7. The van der Waals surface area contributed by atoms with E-state index in [1.165, 1.54) is 13.2 Å². The second-order valence-corrected chi connectivity index (χ2v) is 12.2. The predicted octanol–water partition coefficient (Wildman–Crippen LogP) is 6.02. The minimum atomic E-state index is -0.756. The second-order valence-electron chi connectivity index (χ2n) is 12.2. The molecule has 2 aliphatic heterocycles. The Morgan fingerprint density at radius 2 is 1.67 bits per heavy atom. The third-order valence-electron chi connectivity index (χ3n) is 8.50. The zero-order chi connectivity index (χ0) is 30.3. The molecule has 0 saturated carbocycles. The van der Waals surface area contributed by atoms with E-state index in [4.69, 9.17) is 9.72 Å². The lowest BCUT2D eigenvalue weighted by molar-refractivity contribution is 0.0544. The lowest BCUT2D eigenvalue weighted by Crippen LogP contribution is -2.53. The molecule has 4 aromatic rings. The quantitative estimate of drug-likeness (QED) is 0.291. The van der Waals surface area contributed by atoms with Crippen molar-refractivity contribution in [3.05, 3.63) is 95.8 Å². The number of hydrogen-bond acceptors (Lipinski definition) is 6. The molecule has 3 aromatic carbocycles. The van der Waals surface area contributed by atoms with Gasteiger partial charge in [0.05, 0.1) is 24.1 Å². The Labute approximate surface area is 251 Å². The number of aromatic nitrogens is 1. The van der Waals surface area contributed by atoms with Gasteiger partial charge in [-0.15, -0.1) is 0 Å². The number of likely N-dealkylation sites (tertiary alicyclic amines) is 2. The normalized spacial score (nSPS) is 18.6. The summed E-state index contributed by atoms with van der Waals surface area (Å²) in [7, 11) is 1.25. The van der Waals surface area contributed by atoms with Crippen LogP contribution in [0.15, 0.2) is 78.9 Å². The number of anilines is 1. The monoisotopic (exact) mass is 581 g/mol. The highest BCUT2D eigenvalue weighted by atomic mass is 19.1. The van der Waals surface area contributed by atoms with Crippen molar-refractivity contribution >= 4 is 28.6 Å². The minimum absolute atomic E-state index is 0.0720. The summed E-state index contributed by atoms with van der Waals surface area (Å²) in [5, 5.41) is 1.45. The highest BCUT2D eigenvalue weighted by Gasteiger charge is 2.47. The Bertz CT molecular complexity index is 1660. The van der Waals surface area contributed by atoms with Crippen LogP contribution in [0.3, 0.4) is 0 Å². The second kappa shape index (κ2) is 11.4. The third kappa shape index (κ3) is 5.46. The van der Waals surface area contributed by atoms with E-state index in [-0.39, 0.29) is 16.6 Å². The number of benzene rings is 3. The van der Waals surface area contributed by atoms with Crippen LogP contribution in [0.5, 0.6) is 0 Å². The zero-order valence-electron chi connectivity index (χ0n) is 24.9. The van der Waals surface area contributed by atoms with Crippen LogP contribution >= 0.6 is 0 Å². The first kappa shape index (κ1) is 28.8. The average molecular weight is 582 g/mol. The Kier molecular flexibility index (Phi) is 7.62. The predicted molar refractivity (Wildman–Crippen MR) is 165 cm³/mol. The van der Waals surface area contributed by atoms with Gasteiger partial charge in [-0.25, -0.2) is 14.2 Å². The SMILES string of the molecule is COC(=O)N(NC(=O)c1c(CN2C[C@@H]3C[C@H]2CN3C(C)(C)C)c(-c2ccccc2)nc2c(F)cccc12)c1ccccc1. The molecule has 0 unspecified atom stereocenters. The van der Waals surface area contributed by atoms with Crippen LogP contribution in [0.2, 0.25) is 0 Å². The van der Waals surface area contributed by atoms with Crippen molar-refractivity contribution in [3.8, 4) is 11.3 Å². The zero-order valence-corrected chi connectivity index (χ0v) is 24.9. The molecular formula is C34H36FN5O3. The van der Waals surface area contributed by atoms with Crippen molar-refractivity contribution in [3.63, 3.8) is 0 Å². The molecule has 6 rings (SSSR count). The van der Waals surface area contributed by atoms with E-state index in [0.29, 0.717) is 41.0 Å². The molecule has 3 heterocycles. The van der Waals surface area contributed by atoms with E-state index >= 15 is 4.39 Å². The summed E-state index contributed by atoms with van der Waals surface area (Å²) in [5.74, 6) is -1.08. The van der Waals surface area contributed by atoms with E-state index in [0.717, 1.165) is 30.1 Å². The molecule has 9 heteroatoms. The molecular weight excluding hydrogens is 545 g/mol. The summed E-state index contributed by atoms with van der Waals surface area (Å²) in [5.41, 5.74) is 5.66. The average Bonchev–Trinajstić information content (AvgIpc) is 3.61. The van der Waals surface area contributed by atoms with Crippen LogP contribution in [-0.2, 0) is 11.3 Å². The van der Waals surface area contributed by atoms with Gasteiger partial charge in [0.15, 0.2) is 0 Å². The van der Waals surface area contributed by atoms with Gasteiger partial charge in [0, 0.05) is 53.8 Å². The summed E-state index contributed by atoms with van der Waals surface area (Å²) >= 11 is 0. The molecule has 2 bridgehead atoms. The number of methoxy groups -OCH3 is 1.